The molecule has 2 rings (SSSR count). The molecule has 0 spiro atoms. The van der Waals surface area contributed by atoms with Gasteiger partial charge in [-0.1, -0.05) is 0 Å². The number of nitrogens with two attached hydrogens (primary N) is 1. The summed E-state index contributed by atoms with van der Waals surface area (Å²) in [5, 5.41) is 2.34. The first-order chi connectivity index (χ1) is 9.36. The van der Waals surface area contributed by atoms with Gasteiger partial charge in [-0.25, -0.2) is 15.0 Å². The van der Waals surface area contributed by atoms with E-state index in [1.165, 1.54) is 6.20 Å². The molecule has 6 nitrogen and oxygen atoms in total. The SMILES string of the molecule is Nc1cnc(C(=O)Nc2ccc(C(F)(F)F)nc2)cn1. The molecule has 0 bridgehead atoms. The first-order valence-electron chi connectivity index (χ1n) is 5.28. The van der Waals surface area contributed by atoms with Gasteiger partial charge in [0.1, 0.15) is 17.2 Å². The summed E-state index contributed by atoms with van der Waals surface area (Å²) in [5.41, 5.74) is 4.37. The zero-order chi connectivity index (χ0) is 14.8. The largest absolute Gasteiger partial charge is 0.433 e. The third-order valence-corrected chi connectivity index (χ3v) is 2.22. The second kappa shape index (κ2) is 5.11. The van der Waals surface area contributed by atoms with Gasteiger partial charge in [0.15, 0.2) is 0 Å². The van der Waals surface area contributed by atoms with E-state index in [1.54, 1.807) is 0 Å². The van der Waals surface area contributed by atoms with E-state index in [9.17, 15) is 18.0 Å². The smallest absolute Gasteiger partial charge is 0.382 e. The van der Waals surface area contributed by atoms with Gasteiger partial charge >= 0.3 is 6.18 Å². The number of nitrogen functional groups attached to an aromatic ring is 1. The monoisotopic (exact) mass is 283 g/mol. The third-order valence-electron chi connectivity index (χ3n) is 2.22. The highest BCUT2D eigenvalue weighted by atomic mass is 19.4. The van der Waals surface area contributed by atoms with Crippen LogP contribution in [0.3, 0.4) is 0 Å². The molecule has 20 heavy (non-hydrogen) atoms. The van der Waals surface area contributed by atoms with E-state index >= 15 is 0 Å². The summed E-state index contributed by atoms with van der Waals surface area (Å²) >= 11 is 0. The zero-order valence-corrected chi connectivity index (χ0v) is 9.85. The molecule has 0 aliphatic heterocycles. The summed E-state index contributed by atoms with van der Waals surface area (Å²) in [4.78, 5) is 22.3. The summed E-state index contributed by atoms with van der Waals surface area (Å²) in [7, 11) is 0. The number of hydrogen-bond donors (Lipinski definition) is 2. The van der Waals surface area contributed by atoms with E-state index in [1.807, 2.05) is 0 Å². The number of rotatable bonds is 2. The van der Waals surface area contributed by atoms with Crippen molar-refractivity contribution in [3.8, 4) is 0 Å². The van der Waals surface area contributed by atoms with Crippen LogP contribution in [0.2, 0.25) is 0 Å². The predicted octanol–water partition coefficient (Wildman–Crippen LogP) is 1.72. The fourth-order valence-corrected chi connectivity index (χ4v) is 1.29. The van der Waals surface area contributed by atoms with Crippen molar-refractivity contribution in [1.29, 1.82) is 0 Å². The first-order valence-corrected chi connectivity index (χ1v) is 5.28. The average Bonchev–Trinajstić information content (AvgIpc) is 2.39. The van der Waals surface area contributed by atoms with Crippen LogP contribution in [0.5, 0.6) is 0 Å². The zero-order valence-electron chi connectivity index (χ0n) is 9.85. The Morgan fingerprint density at radius 1 is 1.10 bits per heavy atom. The summed E-state index contributed by atoms with van der Waals surface area (Å²) in [5.74, 6) is -0.475. The van der Waals surface area contributed by atoms with Crippen LogP contribution >= 0.6 is 0 Å². The average molecular weight is 283 g/mol. The van der Waals surface area contributed by atoms with Crippen molar-refractivity contribution in [2.75, 3.05) is 11.1 Å². The minimum absolute atomic E-state index is 0.0147. The van der Waals surface area contributed by atoms with E-state index in [0.717, 1.165) is 24.5 Å². The van der Waals surface area contributed by atoms with Crippen molar-refractivity contribution >= 4 is 17.4 Å². The van der Waals surface area contributed by atoms with E-state index in [4.69, 9.17) is 5.73 Å². The molecule has 0 aromatic carbocycles. The number of amides is 1. The minimum atomic E-state index is -4.52. The number of hydrogen-bond acceptors (Lipinski definition) is 5. The maximum absolute atomic E-state index is 12.3. The Kier molecular flexibility index (Phi) is 3.51. The topological polar surface area (TPSA) is 93.8 Å². The van der Waals surface area contributed by atoms with Gasteiger partial charge in [-0.05, 0) is 12.1 Å². The lowest BCUT2D eigenvalue weighted by molar-refractivity contribution is -0.141. The number of alkyl halides is 3. The molecule has 0 radical (unpaired) electrons. The van der Waals surface area contributed by atoms with Gasteiger partial charge in [0, 0.05) is 0 Å². The van der Waals surface area contributed by atoms with Crippen molar-refractivity contribution in [1.82, 2.24) is 15.0 Å². The van der Waals surface area contributed by atoms with E-state index in [2.05, 4.69) is 20.3 Å². The number of halogens is 3. The molecule has 0 atom stereocenters. The molecule has 0 aliphatic carbocycles. The maximum atomic E-state index is 12.3. The highest BCUT2D eigenvalue weighted by molar-refractivity contribution is 6.02. The summed E-state index contributed by atoms with van der Waals surface area (Å²) < 4.78 is 36.9. The van der Waals surface area contributed by atoms with Crippen LogP contribution in [-0.2, 0) is 6.18 Å². The number of aromatic nitrogens is 3. The molecule has 104 valence electrons. The highest BCUT2D eigenvalue weighted by Crippen LogP contribution is 2.27. The predicted molar refractivity (Wildman–Crippen MR) is 63.6 cm³/mol. The molecule has 2 aromatic heterocycles. The number of anilines is 2. The van der Waals surface area contributed by atoms with Crippen LogP contribution < -0.4 is 11.1 Å². The molecule has 0 saturated heterocycles. The van der Waals surface area contributed by atoms with E-state index < -0.39 is 17.8 Å². The Labute approximate surface area is 110 Å². The molecule has 0 aliphatic rings. The molecule has 2 heterocycles. The van der Waals surface area contributed by atoms with Crippen molar-refractivity contribution in [3.63, 3.8) is 0 Å². The lowest BCUT2D eigenvalue weighted by Gasteiger charge is -2.07. The molecule has 0 fully saturated rings. The lowest BCUT2D eigenvalue weighted by Crippen LogP contribution is -2.15. The van der Waals surface area contributed by atoms with Crippen LogP contribution in [-0.4, -0.2) is 20.9 Å². The van der Waals surface area contributed by atoms with Crippen LogP contribution in [0.25, 0.3) is 0 Å². The molecule has 0 saturated carbocycles. The number of carbonyl (C=O) groups excluding carboxylic acids is 1. The van der Waals surface area contributed by atoms with Crippen LogP contribution in [0, 0.1) is 0 Å². The van der Waals surface area contributed by atoms with Crippen molar-refractivity contribution in [3.05, 3.63) is 42.1 Å². The van der Waals surface area contributed by atoms with Crippen LogP contribution in [0.15, 0.2) is 30.7 Å². The first kappa shape index (κ1) is 13.7. The number of carbonyl (C=O) groups is 1. The lowest BCUT2D eigenvalue weighted by atomic mass is 10.3. The number of nitrogens with zero attached hydrogens (tertiary/aromatic N) is 3. The molecule has 9 heteroatoms. The summed E-state index contributed by atoms with van der Waals surface area (Å²) in [6.45, 7) is 0. The van der Waals surface area contributed by atoms with Gasteiger partial charge in [-0.2, -0.15) is 13.2 Å². The molecule has 2 aromatic rings. The standard InChI is InChI=1S/C11H8F3N5O/c12-11(13,14)8-2-1-6(3-17-8)19-10(20)7-4-18-9(15)5-16-7/h1-5H,(H2,15,18)(H,19,20). The van der Waals surface area contributed by atoms with Gasteiger partial charge in [0.05, 0.1) is 24.3 Å². The van der Waals surface area contributed by atoms with Gasteiger partial charge < -0.3 is 11.1 Å². The van der Waals surface area contributed by atoms with E-state index in [-0.39, 0.29) is 17.2 Å². The Balaban J connectivity index is 2.10. The highest BCUT2D eigenvalue weighted by Gasteiger charge is 2.32. The van der Waals surface area contributed by atoms with Crippen LogP contribution in [0.4, 0.5) is 24.7 Å². The third kappa shape index (κ3) is 3.19. The number of nitrogens with one attached hydrogen (secondary N) is 1. The maximum Gasteiger partial charge on any atom is 0.433 e. The van der Waals surface area contributed by atoms with Gasteiger partial charge in [0.2, 0.25) is 0 Å². The second-order valence-corrected chi connectivity index (χ2v) is 3.71. The van der Waals surface area contributed by atoms with Crippen molar-refractivity contribution in [2.45, 2.75) is 6.18 Å². The Hall–Kier alpha value is -2.71. The fourth-order valence-electron chi connectivity index (χ4n) is 1.29. The molecule has 1 amide bonds. The Morgan fingerprint density at radius 2 is 1.85 bits per heavy atom. The molecule has 0 unspecified atom stereocenters. The normalized spacial score (nSPS) is 11.2. The van der Waals surface area contributed by atoms with Gasteiger partial charge in [-0.15, -0.1) is 0 Å². The van der Waals surface area contributed by atoms with Gasteiger partial charge in [0.25, 0.3) is 5.91 Å². The van der Waals surface area contributed by atoms with Crippen molar-refractivity contribution < 1.29 is 18.0 Å². The quantitative estimate of drug-likeness (QED) is 0.875. The molecule has 3 N–H and O–H groups in total. The van der Waals surface area contributed by atoms with Gasteiger partial charge in [-0.3, -0.25) is 4.79 Å². The number of pyridine rings is 1. The second-order valence-electron chi connectivity index (χ2n) is 3.71. The van der Waals surface area contributed by atoms with Crippen LogP contribution in [0.1, 0.15) is 16.2 Å². The molecular weight excluding hydrogens is 275 g/mol. The Morgan fingerprint density at radius 3 is 2.35 bits per heavy atom. The fraction of sp³-hybridized carbons (Fsp3) is 0.0909. The van der Waals surface area contributed by atoms with Crippen molar-refractivity contribution in [2.24, 2.45) is 0 Å². The minimum Gasteiger partial charge on any atom is -0.382 e. The van der Waals surface area contributed by atoms with E-state index in [0.29, 0.717) is 0 Å². The Bertz CT molecular complexity index is 609. The molecular formula is C11H8F3N5O. The summed E-state index contributed by atoms with van der Waals surface area (Å²) in [6.07, 6.45) is -1.27. The summed E-state index contributed by atoms with van der Waals surface area (Å²) in [6, 6.07) is 1.86.